The molecule has 9 heteroatoms. The summed E-state index contributed by atoms with van der Waals surface area (Å²) in [5.74, 6) is -1.51. The highest BCUT2D eigenvalue weighted by Crippen LogP contribution is 2.33. The topological polar surface area (TPSA) is 116 Å². The molecule has 0 radical (unpaired) electrons. The van der Waals surface area contributed by atoms with Crippen molar-refractivity contribution in [2.24, 2.45) is 5.73 Å². The maximum absolute atomic E-state index is 12.4. The summed E-state index contributed by atoms with van der Waals surface area (Å²) in [5.41, 5.74) is 7.83. The molecule has 2 heterocycles. The van der Waals surface area contributed by atoms with E-state index in [1.165, 1.54) is 0 Å². The van der Waals surface area contributed by atoms with Crippen LogP contribution in [-0.2, 0) is 16.1 Å². The molecule has 3 N–H and O–H groups in total. The maximum atomic E-state index is 12.4. The highest BCUT2D eigenvalue weighted by atomic mass is 32.1. The lowest BCUT2D eigenvalue weighted by molar-refractivity contribution is -0.116. The van der Waals surface area contributed by atoms with Gasteiger partial charge < -0.3 is 15.8 Å². The maximum Gasteiger partial charge on any atom is 0.341 e. The summed E-state index contributed by atoms with van der Waals surface area (Å²) in [4.78, 5) is 36.6. The first kappa shape index (κ1) is 20.6. The van der Waals surface area contributed by atoms with Gasteiger partial charge in [-0.2, -0.15) is 5.10 Å². The molecule has 0 saturated heterocycles. The van der Waals surface area contributed by atoms with Gasteiger partial charge in [0, 0.05) is 18.7 Å². The first-order valence-corrected chi connectivity index (χ1v) is 9.47. The molecule has 2 aromatic rings. The standard InChI is InChI=1S/C18H24N4O4S/c1-5-8-26-18(25)14-12(4)15(16(19)24)27-17(14)20-13(23)6-7-22-11(3)9-10(2)21-22/h9H,5-8H2,1-4H3,(H2,19,24)(H,20,23). The molecule has 2 amide bonds. The summed E-state index contributed by atoms with van der Waals surface area (Å²) >= 11 is 0.984. The lowest BCUT2D eigenvalue weighted by atomic mass is 10.1. The van der Waals surface area contributed by atoms with E-state index < -0.39 is 11.9 Å². The quantitative estimate of drug-likeness (QED) is 0.670. The second kappa shape index (κ2) is 8.81. The molecule has 2 aromatic heterocycles. The van der Waals surface area contributed by atoms with Crippen LogP contribution in [-0.4, -0.2) is 34.2 Å². The minimum atomic E-state index is -0.648. The first-order chi connectivity index (χ1) is 12.7. The van der Waals surface area contributed by atoms with Crippen molar-refractivity contribution >= 4 is 34.1 Å². The van der Waals surface area contributed by atoms with Crippen molar-refractivity contribution < 1.29 is 19.1 Å². The number of ether oxygens (including phenoxy) is 1. The molecule has 0 bridgehead atoms. The summed E-state index contributed by atoms with van der Waals surface area (Å²) < 4.78 is 6.92. The van der Waals surface area contributed by atoms with Crippen LogP contribution >= 0.6 is 11.3 Å². The fourth-order valence-corrected chi connectivity index (χ4v) is 3.71. The van der Waals surface area contributed by atoms with Crippen molar-refractivity contribution in [3.63, 3.8) is 0 Å². The number of anilines is 1. The zero-order valence-electron chi connectivity index (χ0n) is 15.9. The normalized spacial score (nSPS) is 10.7. The Kier molecular flexibility index (Phi) is 6.73. The molecular weight excluding hydrogens is 368 g/mol. The average Bonchev–Trinajstić information content (AvgIpc) is 3.09. The van der Waals surface area contributed by atoms with Crippen molar-refractivity contribution in [1.29, 1.82) is 0 Å². The van der Waals surface area contributed by atoms with Gasteiger partial charge in [0.25, 0.3) is 5.91 Å². The Morgan fingerprint density at radius 3 is 2.56 bits per heavy atom. The second-order valence-corrected chi connectivity index (χ2v) is 7.23. The van der Waals surface area contributed by atoms with Crippen LogP contribution < -0.4 is 11.1 Å². The number of aryl methyl sites for hydroxylation is 3. The fourth-order valence-electron chi connectivity index (χ4n) is 2.65. The molecule has 0 fully saturated rings. The smallest absolute Gasteiger partial charge is 0.341 e. The number of nitrogens with one attached hydrogen (secondary N) is 1. The van der Waals surface area contributed by atoms with Gasteiger partial charge >= 0.3 is 5.97 Å². The fraction of sp³-hybridized carbons (Fsp3) is 0.444. The Labute approximate surface area is 161 Å². The lowest BCUT2D eigenvalue weighted by Gasteiger charge is -2.08. The number of hydrogen-bond acceptors (Lipinski definition) is 6. The van der Waals surface area contributed by atoms with E-state index in [1.807, 2.05) is 26.8 Å². The van der Waals surface area contributed by atoms with E-state index in [0.29, 0.717) is 18.5 Å². The van der Waals surface area contributed by atoms with Crippen molar-refractivity contribution in [1.82, 2.24) is 9.78 Å². The summed E-state index contributed by atoms with van der Waals surface area (Å²) in [7, 11) is 0. The third-order valence-corrected chi connectivity index (χ3v) is 5.14. The predicted octanol–water partition coefficient (Wildman–Crippen LogP) is 2.56. The number of nitrogens with two attached hydrogens (primary N) is 1. The van der Waals surface area contributed by atoms with Crippen LogP contribution in [0.25, 0.3) is 0 Å². The van der Waals surface area contributed by atoms with Crippen LogP contribution in [0.15, 0.2) is 6.07 Å². The van der Waals surface area contributed by atoms with Crippen LogP contribution in [0.1, 0.15) is 56.7 Å². The number of carbonyl (C=O) groups is 3. The average molecular weight is 392 g/mol. The Balaban J connectivity index is 2.17. The van der Waals surface area contributed by atoms with Crippen LogP contribution in [0.2, 0.25) is 0 Å². The van der Waals surface area contributed by atoms with E-state index in [2.05, 4.69) is 10.4 Å². The first-order valence-electron chi connectivity index (χ1n) is 8.65. The SMILES string of the molecule is CCCOC(=O)c1c(NC(=O)CCn2nc(C)cc2C)sc(C(N)=O)c1C. The van der Waals surface area contributed by atoms with Crippen LogP contribution in [0.5, 0.6) is 0 Å². The molecule has 8 nitrogen and oxygen atoms in total. The third kappa shape index (κ3) is 4.94. The number of nitrogens with zero attached hydrogens (tertiary/aromatic N) is 2. The molecule has 0 spiro atoms. The minimum absolute atomic E-state index is 0.175. The van der Waals surface area contributed by atoms with Gasteiger partial charge in [0.15, 0.2) is 0 Å². The Hall–Kier alpha value is -2.68. The van der Waals surface area contributed by atoms with Gasteiger partial charge in [-0.15, -0.1) is 11.3 Å². The number of aromatic nitrogens is 2. The molecule has 27 heavy (non-hydrogen) atoms. The minimum Gasteiger partial charge on any atom is -0.462 e. The number of rotatable bonds is 8. The number of carbonyl (C=O) groups excluding carboxylic acids is 3. The van der Waals surface area contributed by atoms with Gasteiger partial charge in [-0.1, -0.05) is 6.92 Å². The molecule has 0 aliphatic carbocycles. The van der Waals surface area contributed by atoms with Gasteiger partial charge in [0.1, 0.15) is 5.00 Å². The van der Waals surface area contributed by atoms with E-state index >= 15 is 0 Å². The molecule has 0 aliphatic heterocycles. The second-order valence-electron chi connectivity index (χ2n) is 6.21. The summed E-state index contributed by atoms with van der Waals surface area (Å²) in [6, 6.07) is 1.93. The summed E-state index contributed by atoms with van der Waals surface area (Å²) in [6.45, 7) is 7.97. The lowest BCUT2D eigenvalue weighted by Crippen LogP contribution is -2.17. The summed E-state index contributed by atoms with van der Waals surface area (Å²) in [5, 5.41) is 7.30. The highest BCUT2D eigenvalue weighted by molar-refractivity contribution is 7.18. The van der Waals surface area contributed by atoms with Crippen LogP contribution in [0.3, 0.4) is 0 Å². The zero-order chi connectivity index (χ0) is 20.1. The Morgan fingerprint density at radius 1 is 1.30 bits per heavy atom. The number of thiophene rings is 1. The van der Waals surface area contributed by atoms with Gasteiger partial charge in [0.2, 0.25) is 5.91 Å². The molecule has 0 unspecified atom stereocenters. The number of hydrogen-bond donors (Lipinski definition) is 2. The van der Waals surface area contributed by atoms with Crippen molar-refractivity contribution in [2.75, 3.05) is 11.9 Å². The van der Waals surface area contributed by atoms with Gasteiger partial charge in [-0.3, -0.25) is 14.3 Å². The van der Waals surface area contributed by atoms with E-state index in [9.17, 15) is 14.4 Å². The third-order valence-electron chi connectivity index (χ3n) is 3.92. The molecule has 146 valence electrons. The van der Waals surface area contributed by atoms with E-state index in [1.54, 1.807) is 11.6 Å². The Morgan fingerprint density at radius 2 is 2.00 bits per heavy atom. The monoisotopic (exact) mass is 392 g/mol. The predicted molar refractivity (Wildman–Crippen MR) is 103 cm³/mol. The molecule has 2 rings (SSSR count). The zero-order valence-corrected chi connectivity index (χ0v) is 16.7. The summed E-state index contributed by atoms with van der Waals surface area (Å²) in [6.07, 6.45) is 0.843. The van der Waals surface area contributed by atoms with E-state index in [-0.39, 0.29) is 34.4 Å². The van der Waals surface area contributed by atoms with Gasteiger partial charge in [-0.25, -0.2) is 4.79 Å². The highest BCUT2D eigenvalue weighted by Gasteiger charge is 2.25. The number of esters is 1. The Bertz CT molecular complexity index is 869. The van der Waals surface area contributed by atoms with E-state index in [0.717, 1.165) is 22.7 Å². The number of amides is 2. The van der Waals surface area contributed by atoms with Crippen LogP contribution in [0, 0.1) is 20.8 Å². The van der Waals surface area contributed by atoms with E-state index in [4.69, 9.17) is 10.5 Å². The van der Waals surface area contributed by atoms with Gasteiger partial charge in [0.05, 0.1) is 22.7 Å². The van der Waals surface area contributed by atoms with Crippen LogP contribution in [0.4, 0.5) is 5.00 Å². The molecule has 0 aromatic carbocycles. The van der Waals surface area contributed by atoms with Crippen molar-refractivity contribution in [3.05, 3.63) is 33.5 Å². The van der Waals surface area contributed by atoms with Crippen molar-refractivity contribution in [2.45, 2.75) is 47.1 Å². The largest absolute Gasteiger partial charge is 0.462 e. The molecule has 0 atom stereocenters. The number of primary amides is 1. The van der Waals surface area contributed by atoms with Crippen molar-refractivity contribution in [3.8, 4) is 0 Å². The molecular formula is C18H24N4O4S. The molecule has 0 aliphatic rings. The molecule has 0 saturated carbocycles. The van der Waals surface area contributed by atoms with Gasteiger partial charge in [-0.05, 0) is 38.8 Å².